The fourth-order valence-corrected chi connectivity index (χ4v) is 1.69. The molecule has 1 atom stereocenters. The fourth-order valence-electron chi connectivity index (χ4n) is 1.69. The number of hydrogen-bond acceptors (Lipinski definition) is 4. The van der Waals surface area contributed by atoms with Crippen LogP contribution in [0.25, 0.3) is 0 Å². The number of ether oxygens (including phenoxy) is 1. The predicted molar refractivity (Wildman–Crippen MR) is 75.4 cm³/mol. The van der Waals surface area contributed by atoms with Gasteiger partial charge in [0.15, 0.2) is 11.6 Å². The maximum absolute atomic E-state index is 13.3. The summed E-state index contributed by atoms with van der Waals surface area (Å²) >= 11 is 0. The molecule has 0 amide bonds. The van der Waals surface area contributed by atoms with Crippen molar-refractivity contribution in [2.45, 2.75) is 13.0 Å². The van der Waals surface area contributed by atoms with E-state index in [-0.39, 0.29) is 19.0 Å². The van der Waals surface area contributed by atoms with Crippen molar-refractivity contribution in [3.8, 4) is 5.75 Å². The zero-order chi connectivity index (χ0) is 14.4. The summed E-state index contributed by atoms with van der Waals surface area (Å²) in [6.07, 6.45) is 0.734. The van der Waals surface area contributed by atoms with E-state index in [2.05, 4.69) is 10.3 Å². The lowest BCUT2D eigenvalue weighted by Crippen LogP contribution is -2.26. The van der Waals surface area contributed by atoms with Crippen LogP contribution in [0.4, 0.5) is 10.2 Å². The minimum atomic E-state index is -0.753. The number of rotatable bonds is 6. The van der Waals surface area contributed by atoms with Gasteiger partial charge in [-0.05, 0) is 36.8 Å². The van der Waals surface area contributed by atoms with Gasteiger partial charge in [-0.3, -0.25) is 0 Å². The summed E-state index contributed by atoms with van der Waals surface area (Å²) in [4.78, 5) is 3.84. The van der Waals surface area contributed by atoms with E-state index in [4.69, 9.17) is 4.74 Å². The molecule has 0 saturated heterocycles. The van der Waals surface area contributed by atoms with E-state index in [0.29, 0.717) is 5.75 Å². The molecule has 0 aliphatic rings. The quantitative estimate of drug-likeness (QED) is 0.850. The summed E-state index contributed by atoms with van der Waals surface area (Å²) in [5.41, 5.74) is 1.09. The van der Waals surface area contributed by atoms with Crippen LogP contribution in [0.15, 0.2) is 42.6 Å². The number of aromatic nitrogens is 1. The first kappa shape index (κ1) is 14.3. The van der Waals surface area contributed by atoms with Gasteiger partial charge in [0.2, 0.25) is 0 Å². The molecule has 2 rings (SSSR count). The fraction of sp³-hybridized carbons (Fsp3) is 0.267. The van der Waals surface area contributed by atoms with Gasteiger partial charge in [-0.1, -0.05) is 12.1 Å². The largest absolute Gasteiger partial charge is 0.491 e. The number of aliphatic hydroxyl groups is 1. The molecule has 0 aliphatic carbocycles. The Balaban J connectivity index is 1.78. The lowest BCUT2D eigenvalue weighted by atomic mass is 10.2. The minimum Gasteiger partial charge on any atom is -0.491 e. The van der Waals surface area contributed by atoms with Crippen LogP contribution in [0.1, 0.15) is 5.56 Å². The average Bonchev–Trinajstić information content (AvgIpc) is 2.44. The number of halogens is 1. The molecule has 1 aromatic heterocycles. The number of nitrogens with one attached hydrogen (secondary N) is 1. The third kappa shape index (κ3) is 4.20. The lowest BCUT2D eigenvalue weighted by molar-refractivity contribution is 0.117. The highest BCUT2D eigenvalue weighted by Crippen LogP contribution is 2.13. The Kier molecular flexibility index (Phi) is 4.90. The van der Waals surface area contributed by atoms with Gasteiger partial charge in [-0.2, -0.15) is 0 Å². The van der Waals surface area contributed by atoms with Crippen molar-refractivity contribution in [3.63, 3.8) is 0 Å². The Hall–Kier alpha value is -2.14. The van der Waals surface area contributed by atoms with Crippen molar-refractivity contribution in [1.82, 2.24) is 4.98 Å². The SMILES string of the molecule is Cc1cccc(OCC(O)CNc2ncccc2F)c1. The summed E-state index contributed by atoms with van der Waals surface area (Å²) in [7, 11) is 0. The molecule has 0 aliphatic heterocycles. The van der Waals surface area contributed by atoms with Gasteiger partial charge in [0.25, 0.3) is 0 Å². The van der Waals surface area contributed by atoms with Crippen molar-refractivity contribution in [2.24, 2.45) is 0 Å². The molecule has 1 heterocycles. The summed E-state index contributed by atoms with van der Waals surface area (Å²) in [5, 5.41) is 12.5. The Bertz CT molecular complexity index is 563. The van der Waals surface area contributed by atoms with Crippen LogP contribution in [-0.2, 0) is 0 Å². The Morgan fingerprint density at radius 2 is 2.20 bits per heavy atom. The van der Waals surface area contributed by atoms with E-state index in [0.717, 1.165) is 5.56 Å². The highest BCUT2D eigenvalue weighted by atomic mass is 19.1. The third-order valence-corrected chi connectivity index (χ3v) is 2.70. The number of anilines is 1. The first-order valence-corrected chi connectivity index (χ1v) is 6.37. The molecular formula is C15H17FN2O2. The molecule has 2 N–H and O–H groups in total. The van der Waals surface area contributed by atoms with Gasteiger partial charge >= 0.3 is 0 Å². The average molecular weight is 276 g/mol. The van der Waals surface area contributed by atoms with Gasteiger partial charge < -0.3 is 15.2 Å². The zero-order valence-corrected chi connectivity index (χ0v) is 11.2. The molecule has 4 nitrogen and oxygen atoms in total. The molecule has 0 spiro atoms. The maximum Gasteiger partial charge on any atom is 0.165 e. The van der Waals surface area contributed by atoms with Crippen LogP contribution in [-0.4, -0.2) is 29.3 Å². The molecule has 0 radical (unpaired) electrons. The van der Waals surface area contributed by atoms with Crippen molar-refractivity contribution >= 4 is 5.82 Å². The second kappa shape index (κ2) is 6.86. The summed E-state index contributed by atoms with van der Waals surface area (Å²) in [5.74, 6) is 0.384. The third-order valence-electron chi connectivity index (χ3n) is 2.70. The Labute approximate surface area is 117 Å². The first-order valence-electron chi connectivity index (χ1n) is 6.37. The van der Waals surface area contributed by atoms with Gasteiger partial charge in [0.1, 0.15) is 18.5 Å². The molecule has 0 saturated carbocycles. The molecule has 1 unspecified atom stereocenters. The monoisotopic (exact) mass is 276 g/mol. The van der Waals surface area contributed by atoms with Crippen LogP contribution in [0.5, 0.6) is 5.75 Å². The summed E-state index contributed by atoms with van der Waals surface area (Å²) < 4.78 is 18.8. The predicted octanol–water partition coefficient (Wildman–Crippen LogP) is 2.38. The molecule has 0 bridgehead atoms. The smallest absolute Gasteiger partial charge is 0.165 e. The van der Waals surface area contributed by atoms with Crippen LogP contribution < -0.4 is 10.1 Å². The highest BCUT2D eigenvalue weighted by Gasteiger charge is 2.08. The number of nitrogens with zero attached hydrogens (tertiary/aromatic N) is 1. The van der Waals surface area contributed by atoms with Crippen LogP contribution in [0.3, 0.4) is 0 Å². The summed E-state index contributed by atoms with van der Waals surface area (Å²) in [6.45, 7) is 2.26. The number of benzene rings is 1. The Morgan fingerprint density at radius 1 is 1.35 bits per heavy atom. The van der Waals surface area contributed by atoms with E-state index in [1.54, 1.807) is 0 Å². The summed E-state index contributed by atoms with van der Waals surface area (Å²) in [6, 6.07) is 10.4. The van der Waals surface area contributed by atoms with Crippen molar-refractivity contribution in [3.05, 3.63) is 54.0 Å². The van der Waals surface area contributed by atoms with Crippen molar-refractivity contribution in [2.75, 3.05) is 18.5 Å². The highest BCUT2D eigenvalue weighted by molar-refractivity contribution is 5.35. The molecule has 2 aromatic rings. The molecule has 1 aromatic carbocycles. The molecule has 106 valence electrons. The van der Waals surface area contributed by atoms with Crippen molar-refractivity contribution < 1.29 is 14.2 Å². The Morgan fingerprint density at radius 3 is 2.95 bits per heavy atom. The van der Waals surface area contributed by atoms with Gasteiger partial charge in [0, 0.05) is 12.7 Å². The van der Waals surface area contributed by atoms with E-state index >= 15 is 0 Å². The van der Waals surface area contributed by atoms with Gasteiger partial charge in [-0.25, -0.2) is 9.37 Å². The molecule has 5 heteroatoms. The van der Waals surface area contributed by atoms with Crippen molar-refractivity contribution in [1.29, 1.82) is 0 Å². The lowest BCUT2D eigenvalue weighted by Gasteiger charge is -2.14. The minimum absolute atomic E-state index is 0.127. The van der Waals surface area contributed by atoms with E-state index in [1.165, 1.54) is 18.3 Å². The number of hydrogen-bond donors (Lipinski definition) is 2. The van der Waals surface area contributed by atoms with Gasteiger partial charge in [0.05, 0.1) is 0 Å². The number of pyridine rings is 1. The van der Waals surface area contributed by atoms with Gasteiger partial charge in [-0.15, -0.1) is 0 Å². The van der Waals surface area contributed by atoms with E-state index < -0.39 is 11.9 Å². The standard InChI is InChI=1S/C15H17FN2O2/c1-11-4-2-5-13(8-11)20-10-12(19)9-18-15-14(16)6-3-7-17-15/h2-8,12,19H,9-10H2,1H3,(H,17,18). The first-order chi connectivity index (χ1) is 9.65. The number of aryl methyl sites for hydroxylation is 1. The topological polar surface area (TPSA) is 54.4 Å². The second-order valence-corrected chi connectivity index (χ2v) is 4.50. The van der Waals surface area contributed by atoms with E-state index in [1.807, 2.05) is 31.2 Å². The normalized spacial score (nSPS) is 11.9. The molecular weight excluding hydrogens is 259 g/mol. The molecule has 20 heavy (non-hydrogen) atoms. The number of aliphatic hydroxyl groups excluding tert-OH is 1. The van der Waals surface area contributed by atoms with Crippen LogP contribution in [0.2, 0.25) is 0 Å². The van der Waals surface area contributed by atoms with Crippen LogP contribution >= 0.6 is 0 Å². The molecule has 0 fully saturated rings. The van der Waals surface area contributed by atoms with E-state index in [9.17, 15) is 9.50 Å². The second-order valence-electron chi connectivity index (χ2n) is 4.50. The maximum atomic E-state index is 13.3. The zero-order valence-electron chi connectivity index (χ0n) is 11.2. The van der Waals surface area contributed by atoms with Crippen LogP contribution in [0, 0.1) is 12.7 Å².